The van der Waals surface area contributed by atoms with Crippen molar-refractivity contribution in [2.24, 2.45) is 0 Å². The fourth-order valence-corrected chi connectivity index (χ4v) is 3.08. The van der Waals surface area contributed by atoms with E-state index in [1.807, 2.05) is 24.8 Å². The van der Waals surface area contributed by atoms with Gasteiger partial charge in [0.25, 0.3) is 0 Å². The minimum absolute atomic E-state index is 0.132. The third kappa shape index (κ3) is 3.87. The largest absolute Gasteiger partial charge is 0.396 e. The first-order valence-corrected chi connectivity index (χ1v) is 8.24. The molecule has 0 heterocycles. The molecule has 21 heavy (non-hydrogen) atoms. The van der Waals surface area contributed by atoms with Gasteiger partial charge in [-0.25, -0.2) is 12.7 Å². The number of ether oxygens (including phenoxy) is 1. The Balaban J connectivity index is 3.33. The molecule has 6 nitrogen and oxygen atoms in total. The lowest BCUT2D eigenvalue weighted by Gasteiger charge is -2.30. The molecule has 0 aromatic heterocycles. The second kappa shape index (κ2) is 7.11. The Kier molecular flexibility index (Phi) is 6.00. The Morgan fingerprint density at radius 3 is 2.38 bits per heavy atom. The number of rotatable bonds is 7. The highest BCUT2D eigenvalue weighted by atomic mass is 32.2. The van der Waals surface area contributed by atoms with Crippen LogP contribution in [0.1, 0.15) is 13.8 Å². The third-order valence-corrected chi connectivity index (χ3v) is 5.14. The van der Waals surface area contributed by atoms with Gasteiger partial charge in [-0.15, -0.1) is 0 Å². The van der Waals surface area contributed by atoms with E-state index < -0.39 is 10.0 Å². The average molecular weight is 315 g/mol. The molecule has 1 aromatic carbocycles. The van der Waals surface area contributed by atoms with Gasteiger partial charge in [0.15, 0.2) is 0 Å². The van der Waals surface area contributed by atoms with Crippen LogP contribution in [-0.4, -0.2) is 53.1 Å². The van der Waals surface area contributed by atoms with Crippen LogP contribution in [0.25, 0.3) is 0 Å². The van der Waals surface area contributed by atoms with Gasteiger partial charge in [-0.2, -0.15) is 0 Å². The molecule has 0 aliphatic rings. The molecule has 0 bridgehead atoms. The van der Waals surface area contributed by atoms with Crippen molar-refractivity contribution in [2.75, 3.05) is 45.0 Å². The van der Waals surface area contributed by atoms with Gasteiger partial charge in [0.05, 0.1) is 18.0 Å². The van der Waals surface area contributed by atoms with E-state index >= 15 is 0 Å². The summed E-state index contributed by atoms with van der Waals surface area (Å²) in [5, 5.41) is 0. The molecule has 2 N–H and O–H groups in total. The van der Waals surface area contributed by atoms with Crippen molar-refractivity contribution in [3.8, 4) is 0 Å². The zero-order chi connectivity index (χ0) is 16.2. The van der Waals surface area contributed by atoms with Gasteiger partial charge in [0.1, 0.15) is 4.90 Å². The van der Waals surface area contributed by atoms with Crippen LogP contribution in [0, 0.1) is 0 Å². The highest BCUT2D eigenvalue weighted by Gasteiger charge is 2.24. The lowest BCUT2D eigenvalue weighted by Crippen LogP contribution is -2.35. The lowest BCUT2D eigenvalue weighted by molar-refractivity contribution is 0.204. The zero-order valence-corrected chi connectivity index (χ0v) is 14.1. The monoisotopic (exact) mass is 315 g/mol. The van der Waals surface area contributed by atoms with E-state index in [2.05, 4.69) is 0 Å². The van der Waals surface area contributed by atoms with Crippen molar-refractivity contribution < 1.29 is 13.2 Å². The molecule has 7 heteroatoms. The maximum atomic E-state index is 12.3. The summed E-state index contributed by atoms with van der Waals surface area (Å²) in [5.74, 6) is 0. The van der Waals surface area contributed by atoms with Gasteiger partial charge in [-0.1, -0.05) is 6.07 Å². The minimum Gasteiger partial charge on any atom is -0.396 e. The smallest absolute Gasteiger partial charge is 0.244 e. The van der Waals surface area contributed by atoms with Crippen molar-refractivity contribution >= 4 is 21.4 Å². The van der Waals surface area contributed by atoms with Crippen LogP contribution >= 0.6 is 0 Å². The maximum absolute atomic E-state index is 12.3. The fraction of sp³-hybridized carbons (Fsp3) is 0.571. The Hall–Kier alpha value is -1.31. The van der Waals surface area contributed by atoms with Crippen LogP contribution in [-0.2, 0) is 14.8 Å². The van der Waals surface area contributed by atoms with Crippen molar-refractivity contribution in [1.82, 2.24) is 4.31 Å². The SMILES string of the molecule is COCCN(c1cccc(S(=O)(=O)N(C)C)c1N)C(C)C. The summed E-state index contributed by atoms with van der Waals surface area (Å²) in [7, 11) is 1.06. The molecule has 0 aliphatic carbocycles. The molecule has 1 rings (SSSR count). The van der Waals surface area contributed by atoms with Gasteiger partial charge >= 0.3 is 0 Å². The number of nitrogens with two attached hydrogens (primary N) is 1. The van der Waals surface area contributed by atoms with Crippen molar-refractivity contribution in [3.05, 3.63) is 18.2 Å². The predicted octanol–water partition coefficient (Wildman–Crippen LogP) is 1.38. The number of para-hydroxylation sites is 1. The lowest BCUT2D eigenvalue weighted by atomic mass is 10.2. The van der Waals surface area contributed by atoms with E-state index in [0.717, 1.165) is 4.31 Å². The Bertz CT molecular complexity index is 571. The first kappa shape index (κ1) is 17.7. The van der Waals surface area contributed by atoms with Crippen LogP contribution in [0.3, 0.4) is 0 Å². The molecule has 0 fully saturated rings. The summed E-state index contributed by atoms with van der Waals surface area (Å²) in [6.07, 6.45) is 0. The van der Waals surface area contributed by atoms with Crippen LogP contribution in [0.2, 0.25) is 0 Å². The van der Waals surface area contributed by atoms with Gasteiger partial charge < -0.3 is 15.4 Å². The number of sulfonamides is 1. The van der Waals surface area contributed by atoms with Gasteiger partial charge in [0.2, 0.25) is 10.0 Å². The first-order chi connectivity index (χ1) is 9.73. The predicted molar refractivity (Wildman–Crippen MR) is 86.1 cm³/mol. The van der Waals surface area contributed by atoms with Gasteiger partial charge in [-0.3, -0.25) is 0 Å². The van der Waals surface area contributed by atoms with E-state index in [0.29, 0.717) is 18.8 Å². The zero-order valence-electron chi connectivity index (χ0n) is 13.3. The van der Waals surface area contributed by atoms with E-state index in [4.69, 9.17) is 10.5 Å². The molecule has 0 saturated heterocycles. The standard InChI is InChI=1S/C14H25N3O3S/c1-11(2)17(9-10-20-5)12-7-6-8-13(14(12)15)21(18,19)16(3)4/h6-8,11H,9-10,15H2,1-5H3. The second-order valence-corrected chi connectivity index (χ2v) is 7.38. The first-order valence-electron chi connectivity index (χ1n) is 6.80. The normalized spacial score (nSPS) is 12.1. The number of nitrogens with zero attached hydrogens (tertiary/aromatic N) is 2. The molecular formula is C14H25N3O3S. The number of hydrogen-bond acceptors (Lipinski definition) is 5. The number of benzene rings is 1. The number of methoxy groups -OCH3 is 1. The topological polar surface area (TPSA) is 75.9 Å². The molecule has 0 atom stereocenters. The maximum Gasteiger partial charge on any atom is 0.244 e. The minimum atomic E-state index is -3.56. The third-order valence-electron chi connectivity index (χ3n) is 3.27. The highest BCUT2D eigenvalue weighted by Crippen LogP contribution is 2.31. The molecular weight excluding hydrogens is 290 g/mol. The van der Waals surface area contributed by atoms with Crippen LogP contribution in [0.15, 0.2) is 23.1 Å². The molecule has 0 aliphatic heterocycles. The van der Waals surface area contributed by atoms with Gasteiger partial charge in [-0.05, 0) is 26.0 Å². The molecule has 0 radical (unpaired) electrons. The van der Waals surface area contributed by atoms with Crippen molar-refractivity contribution in [3.63, 3.8) is 0 Å². The van der Waals surface area contributed by atoms with Crippen LogP contribution in [0.5, 0.6) is 0 Å². The summed E-state index contributed by atoms with van der Waals surface area (Å²) in [4.78, 5) is 2.17. The molecule has 0 saturated carbocycles. The summed E-state index contributed by atoms with van der Waals surface area (Å²) >= 11 is 0. The average Bonchev–Trinajstić information content (AvgIpc) is 2.40. The van der Waals surface area contributed by atoms with E-state index in [-0.39, 0.29) is 16.6 Å². The Morgan fingerprint density at radius 2 is 1.90 bits per heavy atom. The number of hydrogen-bond donors (Lipinski definition) is 1. The van der Waals surface area contributed by atoms with Crippen LogP contribution < -0.4 is 10.6 Å². The van der Waals surface area contributed by atoms with Crippen molar-refractivity contribution in [1.29, 1.82) is 0 Å². The summed E-state index contributed by atoms with van der Waals surface area (Å²) < 4.78 is 30.9. The Morgan fingerprint density at radius 1 is 1.29 bits per heavy atom. The molecule has 1 aromatic rings. The second-order valence-electron chi connectivity index (χ2n) is 5.26. The molecule has 120 valence electrons. The summed E-state index contributed by atoms with van der Waals surface area (Å²) in [6, 6.07) is 5.26. The van der Waals surface area contributed by atoms with Crippen LogP contribution in [0.4, 0.5) is 11.4 Å². The Labute approximate surface area is 127 Å². The fourth-order valence-electron chi connectivity index (χ4n) is 2.05. The van der Waals surface area contributed by atoms with E-state index in [1.165, 1.54) is 20.2 Å². The number of anilines is 2. The quantitative estimate of drug-likeness (QED) is 0.769. The molecule has 0 unspecified atom stereocenters. The van der Waals surface area contributed by atoms with Crippen molar-refractivity contribution in [2.45, 2.75) is 24.8 Å². The summed E-state index contributed by atoms with van der Waals surface area (Å²) in [6.45, 7) is 5.25. The van der Waals surface area contributed by atoms with Gasteiger partial charge in [0, 0.05) is 33.8 Å². The summed E-state index contributed by atoms with van der Waals surface area (Å²) in [5.41, 5.74) is 7.12. The highest BCUT2D eigenvalue weighted by molar-refractivity contribution is 7.89. The van der Waals surface area contributed by atoms with E-state index in [9.17, 15) is 8.42 Å². The molecule has 0 spiro atoms. The van der Waals surface area contributed by atoms with E-state index in [1.54, 1.807) is 13.2 Å². The molecule has 0 amide bonds. The number of nitrogen functional groups attached to an aromatic ring is 1.